The summed E-state index contributed by atoms with van der Waals surface area (Å²) in [5, 5.41) is 1.38. The van der Waals surface area contributed by atoms with Crippen LogP contribution in [-0.2, 0) is 0 Å². The minimum absolute atomic E-state index is 0.259. The molecule has 0 nitrogen and oxygen atoms in total. The van der Waals surface area contributed by atoms with Crippen LogP contribution in [0, 0.1) is 0 Å². The summed E-state index contributed by atoms with van der Waals surface area (Å²) in [5.41, 5.74) is 0. The van der Waals surface area contributed by atoms with E-state index in [0.29, 0.717) is 0 Å². The molecule has 0 N–H and O–H groups in total. The van der Waals surface area contributed by atoms with Gasteiger partial charge in [-0.2, -0.15) is 9.12 Å². The molecule has 4 heavy (non-hydrogen) atoms. The van der Waals surface area contributed by atoms with Gasteiger partial charge in [0.1, 0.15) is 0 Å². The number of hydrogen-bond acceptors (Lipinski definition) is 1. The van der Waals surface area contributed by atoms with Gasteiger partial charge in [0, 0.05) is 0 Å². The van der Waals surface area contributed by atoms with Crippen LogP contribution in [0.15, 0.2) is 0 Å². The average molecular weight is 90.9 g/mol. The fraction of sp³-hybridized carbons (Fsp3) is 0. The lowest BCUT2D eigenvalue weighted by molar-refractivity contribution is 4.10. The van der Waals surface area contributed by atoms with Crippen LogP contribution in [0.25, 0.3) is 0 Å². The van der Waals surface area contributed by atoms with Crippen LogP contribution in [-0.4, -0.2) is 13.6 Å². The van der Waals surface area contributed by atoms with Crippen molar-refractivity contribution in [2.24, 2.45) is 0 Å². The fourth-order valence-corrected chi connectivity index (χ4v) is 0. The van der Waals surface area contributed by atoms with Crippen LogP contribution < -0.4 is 0 Å². The molecule has 0 fully saturated rings. The molecule has 0 aliphatic heterocycles. The second-order valence-electron chi connectivity index (χ2n) is 0.329. The van der Waals surface area contributed by atoms with Crippen LogP contribution in [0.3, 0.4) is 0 Å². The maximum Gasteiger partial charge on any atom is 0.185 e. The summed E-state index contributed by atoms with van der Waals surface area (Å²) in [6.45, 7) is -0.259. The third-order valence-electron chi connectivity index (χ3n) is 0.0786. The molecule has 0 radical (unpaired) electrons. The topological polar surface area (TPSA) is 0 Å². The molecule has 0 aliphatic carbocycles. The van der Waals surface area contributed by atoms with Crippen molar-refractivity contribution in [2.75, 3.05) is 0 Å². The molecule has 0 saturated heterocycles. The second-order valence-corrected chi connectivity index (χ2v) is 0.986. The second kappa shape index (κ2) is 3.58. The van der Waals surface area contributed by atoms with Gasteiger partial charge < -0.3 is 0 Å². The lowest BCUT2D eigenvalue weighted by atomic mass is 10.2. The Bertz CT molecular complexity index is 38.6. The highest BCUT2D eigenvalue weighted by Gasteiger charge is 1.54. The Morgan fingerprint density at radius 2 is 2.75 bits per heavy atom. The normalized spacial score (nSPS) is 8.75. The van der Waals surface area contributed by atoms with Gasteiger partial charge >= 0.3 is 0 Å². The zero-order valence-corrected chi connectivity index (χ0v) is 4.11. The standard InChI is InChI=1S/CH4BPS/c3-2-1-4/h1-2H,3H2/i2D. The van der Waals surface area contributed by atoms with E-state index in [1.165, 1.54) is 5.27 Å². The summed E-state index contributed by atoms with van der Waals surface area (Å²) in [7, 11) is 2.24. The summed E-state index contributed by atoms with van der Waals surface area (Å²) in [5.74, 6) is 0. The third kappa shape index (κ3) is 2.58. The van der Waals surface area contributed by atoms with Gasteiger partial charge in [-0.25, -0.2) is 0 Å². The van der Waals surface area contributed by atoms with Crippen molar-refractivity contribution in [2.45, 2.75) is 0 Å². The molecule has 0 bridgehead atoms. The van der Waals surface area contributed by atoms with Crippen molar-refractivity contribution in [3.05, 3.63) is 0 Å². The Labute approximate surface area is 35.7 Å². The molecule has 0 amide bonds. The van der Waals surface area contributed by atoms with Gasteiger partial charge in [0.05, 0.1) is 0 Å². The molecule has 0 saturated carbocycles. The van der Waals surface area contributed by atoms with Gasteiger partial charge in [-0.05, 0) is 1.34 Å². The average Bonchev–Trinajstić information content (AvgIpc) is 1.38. The van der Waals surface area contributed by atoms with E-state index in [9.17, 15) is 0 Å². The largest absolute Gasteiger partial charge is 0.185 e. The monoisotopic (exact) mass is 91.0 g/mol. The molecule has 22 valence electrons. The van der Waals surface area contributed by atoms with E-state index in [1.54, 1.807) is 0 Å². The molecule has 0 spiro atoms. The Balaban J connectivity index is 2.83. The minimum atomic E-state index is -0.259. The number of thiocarbonyl (C=S) groups is 1. The minimum Gasteiger partial charge on any atom is -0.169 e. The van der Waals surface area contributed by atoms with E-state index in [4.69, 9.17) is 1.34 Å². The fourth-order valence-electron chi connectivity index (χ4n) is 0. The van der Waals surface area contributed by atoms with Gasteiger partial charge in [-0.15, -0.1) is 12.2 Å². The Morgan fingerprint density at radius 1 is 2.50 bits per heavy atom. The zero-order chi connectivity index (χ0) is 4.28. The van der Waals surface area contributed by atoms with Crippen LogP contribution in [0.5, 0.6) is 0 Å². The summed E-state index contributed by atoms with van der Waals surface area (Å²) in [4.78, 5) is 0. The van der Waals surface area contributed by atoms with Crippen molar-refractivity contribution in [3.63, 3.8) is 0 Å². The van der Waals surface area contributed by atoms with Gasteiger partial charge in [-0.3, -0.25) is 0 Å². The zero-order valence-electron chi connectivity index (χ0n) is 3.14. The highest BCUT2D eigenvalue weighted by Crippen LogP contribution is 1.63. The predicted octanol–water partition coefficient (Wildman–Crippen LogP) is 0.170. The first-order valence-electron chi connectivity index (χ1n) is 1.48. The first kappa shape index (κ1) is 2.80. The van der Waals surface area contributed by atoms with E-state index >= 15 is 0 Å². The molecule has 0 aromatic heterocycles. The quantitative estimate of drug-likeness (QED) is 0.252. The number of hydrogen-bond donors (Lipinski definition) is 0. The van der Waals surface area contributed by atoms with Crippen LogP contribution in [0.4, 0.5) is 0 Å². The lowest BCUT2D eigenvalue weighted by Gasteiger charge is -1.49. The molecule has 1 unspecified atom stereocenters. The molecule has 0 aromatic carbocycles. The van der Waals surface area contributed by atoms with E-state index < -0.39 is 0 Å². The number of rotatable bonds is 1. The smallest absolute Gasteiger partial charge is 0.169 e. The van der Waals surface area contributed by atoms with E-state index in [1.807, 2.05) is 0 Å². The Hall–Kier alpha value is 0.585. The van der Waals surface area contributed by atoms with Crippen molar-refractivity contribution >= 4 is 33.6 Å². The summed E-state index contributed by atoms with van der Waals surface area (Å²) in [6.07, 6.45) is 0. The van der Waals surface area contributed by atoms with E-state index in [2.05, 4.69) is 21.3 Å². The maximum absolute atomic E-state index is 6.63. The van der Waals surface area contributed by atoms with Gasteiger partial charge in [0.15, 0.2) is 6.96 Å². The molecule has 0 rings (SSSR count). The summed E-state index contributed by atoms with van der Waals surface area (Å²) in [6, 6.07) is 0. The van der Waals surface area contributed by atoms with Crippen LogP contribution in [0.2, 0.25) is 0 Å². The first-order chi connectivity index (χ1) is 2.27. The summed E-state index contributed by atoms with van der Waals surface area (Å²) >= 11 is 4.34. The first-order valence-corrected chi connectivity index (χ1v) is 2.04. The van der Waals surface area contributed by atoms with Gasteiger partial charge in [0.2, 0.25) is 0 Å². The predicted molar refractivity (Wildman–Crippen MR) is 30.5 cm³/mol. The maximum atomic E-state index is 6.63. The van der Waals surface area contributed by atoms with Crippen molar-refractivity contribution in [1.82, 2.24) is 0 Å². The highest BCUT2D eigenvalue weighted by molar-refractivity contribution is 7.86. The van der Waals surface area contributed by atoms with Crippen LogP contribution >= 0.6 is 21.3 Å². The molecular weight excluding hydrogens is 85.9 g/mol. The molecule has 0 heterocycles. The van der Waals surface area contributed by atoms with E-state index in [0.717, 1.165) is 0 Å². The lowest BCUT2D eigenvalue weighted by Crippen LogP contribution is -1.65. The Morgan fingerprint density at radius 3 is 2.75 bits per heavy atom. The third-order valence-corrected chi connectivity index (χ3v) is 0.707. The van der Waals surface area contributed by atoms with Gasteiger partial charge in [0.25, 0.3) is 0 Å². The van der Waals surface area contributed by atoms with Crippen molar-refractivity contribution in [1.29, 1.82) is 1.34 Å². The van der Waals surface area contributed by atoms with E-state index in [-0.39, 0.29) is 6.96 Å². The Kier molecular flexibility index (Phi) is 2.51. The SMILES string of the molecule is [2H]B(P)C=S. The molecule has 0 aliphatic rings. The summed E-state index contributed by atoms with van der Waals surface area (Å²) < 4.78 is 6.63. The highest BCUT2D eigenvalue weighted by atomic mass is 32.1. The van der Waals surface area contributed by atoms with Crippen molar-refractivity contribution in [3.8, 4) is 0 Å². The molecule has 1 atom stereocenters. The molecule has 0 aromatic rings. The van der Waals surface area contributed by atoms with Crippen molar-refractivity contribution < 1.29 is 0 Å². The van der Waals surface area contributed by atoms with Gasteiger partial charge in [-0.1, -0.05) is 5.27 Å². The van der Waals surface area contributed by atoms with Crippen LogP contribution in [0.1, 0.15) is 0 Å². The molecular formula is CH4BPS. The molecule has 3 heteroatoms.